The van der Waals surface area contributed by atoms with Gasteiger partial charge in [0.05, 0.1) is 25.2 Å². The van der Waals surface area contributed by atoms with E-state index in [2.05, 4.69) is 0 Å². The summed E-state index contributed by atoms with van der Waals surface area (Å²) in [5.74, 6) is 1.41. The summed E-state index contributed by atoms with van der Waals surface area (Å²) in [5.41, 5.74) is 1.75. The summed E-state index contributed by atoms with van der Waals surface area (Å²) in [7, 11) is 3.23. The van der Waals surface area contributed by atoms with Gasteiger partial charge in [-0.1, -0.05) is 29.8 Å². The molecule has 0 spiro atoms. The van der Waals surface area contributed by atoms with Gasteiger partial charge in [0.25, 0.3) is 0 Å². The maximum atomic E-state index is 6.55. The normalized spacial score (nSPS) is 12.0. The fraction of sp³-hybridized carbons (Fsp3) is 0.200. The molecule has 2 aromatic carbocycles. The van der Waals surface area contributed by atoms with E-state index in [9.17, 15) is 0 Å². The van der Waals surface area contributed by atoms with Gasteiger partial charge in [0.15, 0.2) is 0 Å². The van der Waals surface area contributed by atoms with Crippen molar-refractivity contribution in [2.24, 2.45) is 0 Å². The van der Waals surface area contributed by atoms with Gasteiger partial charge in [-0.25, -0.2) is 0 Å². The molecule has 0 saturated heterocycles. The first kappa shape index (κ1) is 14.0. The Bertz CT molecular complexity index is 530. The van der Waals surface area contributed by atoms with Crippen molar-refractivity contribution in [2.45, 2.75) is 5.38 Å². The summed E-state index contributed by atoms with van der Waals surface area (Å²) in [4.78, 5) is 0. The number of halogens is 2. The number of ether oxygens (including phenoxy) is 2. The Morgan fingerprint density at radius 2 is 1.42 bits per heavy atom. The van der Waals surface area contributed by atoms with Crippen LogP contribution in [0.2, 0.25) is 5.02 Å². The molecule has 0 amide bonds. The lowest BCUT2D eigenvalue weighted by Crippen LogP contribution is -2.00. The Labute approximate surface area is 122 Å². The van der Waals surface area contributed by atoms with E-state index in [1.807, 2.05) is 42.5 Å². The molecule has 19 heavy (non-hydrogen) atoms. The summed E-state index contributed by atoms with van der Waals surface area (Å²) in [6.07, 6.45) is 0. The van der Waals surface area contributed by atoms with Crippen molar-refractivity contribution in [3.05, 3.63) is 58.6 Å². The predicted octanol–water partition coefficient (Wildman–Crippen LogP) is 4.69. The zero-order valence-electron chi connectivity index (χ0n) is 10.7. The highest BCUT2D eigenvalue weighted by atomic mass is 35.5. The summed E-state index contributed by atoms with van der Waals surface area (Å²) in [6, 6.07) is 13.0. The Morgan fingerprint density at radius 3 is 1.89 bits per heavy atom. The molecule has 2 nitrogen and oxygen atoms in total. The first-order chi connectivity index (χ1) is 9.17. The molecule has 2 rings (SSSR count). The molecule has 4 heteroatoms. The maximum absolute atomic E-state index is 6.55. The highest BCUT2D eigenvalue weighted by Gasteiger charge is 2.20. The van der Waals surface area contributed by atoms with Gasteiger partial charge in [-0.2, -0.15) is 0 Å². The second kappa shape index (κ2) is 6.18. The summed E-state index contributed by atoms with van der Waals surface area (Å²) in [6.45, 7) is 0. The molecule has 0 fully saturated rings. The summed E-state index contributed by atoms with van der Waals surface area (Å²) < 4.78 is 10.7. The third-order valence-electron chi connectivity index (χ3n) is 2.88. The van der Waals surface area contributed by atoms with E-state index >= 15 is 0 Å². The van der Waals surface area contributed by atoms with Gasteiger partial charge in [-0.05, 0) is 29.8 Å². The SMILES string of the molecule is COc1cccc(OC)c1C(Cl)c1ccc(Cl)cc1. The van der Waals surface area contributed by atoms with Crippen LogP contribution in [0.5, 0.6) is 11.5 Å². The predicted molar refractivity (Wildman–Crippen MR) is 78.7 cm³/mol. The molecule has 2 aromatic rings. The van der Waals surface area contributed by atoms with Crippen LogP contribution < -0.4 is 9.47 Å². The number of methoxy groups -OCH3 is 2. The fourth-order valence-electron chi connectivity index (χ4n) is 1.93. The summed E-state index contributed by atoms with van der Waals surface area (Å²) >= 11 is 12.4. The average molecular weight is 297 g/mol. The Morgan fingerprint density at radius 1 is 0.895 bits per heavy atom. The lowest BCUT2D eigenvalue weighted by atomic mass is 10.0. The first-order valence-electron chi connectivity index (χ1n) is 5.77. The van der Waals surface area contributed by atoms with Gasteiger partial charge in [-0.3, -0.25) is 0 Å². The maximum Gasteiger partial charge on any atom is 0.127 e. The number of hydrogen-bond donors (Lipinski definition) is 0. The number of rotatable bonds is 4. The van der Waals surface area contributed by atoms with Crippen molar-refractivity contribution in [1.29, 1.82) is 0 Å². The molecule has 0 radical (unpaired) electrons. The quantitative estimate of drug-likeness (QED) is 0.762. The van der Waals surface area contributed by atoms with Crippen LogP contribution in [0.25, 0.3) is 0 Å². The molecule has 0 heterocycles. The fourth-order valence-corrected chi connectivity index (χ4v) is 2.41. The topological polar surface area (TPSA) is 18.5 Å². The molecule has 100 valence electrons. The van der Waals surface area contributed by atoms with E-state index in [0.717, 1.165) is 11.1 Å². The minimum atomic E-state index is -0.358. The molecule has 0 aliphatic heterocycles. The van der Waals surface area contributed by atoms with Crippen LogP contribution in [-0.2, 0) is 0 Å². The molecule has 0 aromatic heterocycles. The Balaban J connectivity index is 2.47. The van der Waals surface area contributed by atoms with E-state index in [4.69, 9.17) is 32.7 Å². The van der Waals surface area contributed by atoms with E-state index < -0.39 is 0 Å². The standard InChI is InChI=1S/C15H14Cl2O2/c1-18-12-4-3-5-13(19-2)14(12)15(17)10-6-8-11(16)9-7-10/h3-9,15H,1-2H3. The smallest absolute Gasteiger partial charge is 0.127 e. The zero-order valence-corrected chi connectivity index (χ0v) is 12.2. The molecule has 0 aliphatic rings. The molecule has 0 saturated carbocycles. The van der Waals surface area contributed by atoms with Crippen molar-refractivity contribution in [3.63, 3.8) is 0 Å². The van der Waals surface area contributed by atoms with Crippen molar-refractivity contribution in [1.82, 2.24) is 0 Å². The molecule has 0 bridgehead atoms. The molecule has 1 unspecified atom stereocenters. The highest BCUT2D eigenvalue weighted by Crippen LogP contribution is 2.41. The van der Waals surface area contributed by atoms with Gasteiger partial charge in [-0.15, -0.1) is 11.6 Å². The van der Waals surface area contributed by atoms with E-state index in [-0.39, 0.29) is 5.38 Å². The third-order valence-corrected chi connectivity index (χ3v) is 3.60. The lowest BCUT2D eigenvalue weighted by molar-refractivity contribution is 0.386. The lowest BCUT2D eigenvalue weighted by Gasteiger charge is -2.17. The molecular formula is C15H14Cl2O2. The number of alkyl halides is 1. The Hall–Kier alpha value is -1.38. The van der Waals surface area contributed by atoms with Crippen LogP contribution in [-0.4, -0.2) is 14.2 Å². The van der Waals surface area contributed by atoms with Crippen molar-refractivity contribution < 1.29 is 9.47 Å². The number of hydrogen-bond acceptors (Lipinski definition) is 2. The monoisotopic (exact) mass is 296 g/mol. The van der Waals surface area contributed by atoms with Gasteiger partial charge in [0.1, 0.15) is 11.5 Å². The van der Waals surface area contributed by atoms with E-state index in [1.54, 1.807) is 14.2 Å². The molecule has 0 N–H and O–H groups in total. The number of benzene rings is 2. The van der Waals surface area contributed by atoms with Crippen molar-refractivity contribution in [3.8, 4) is 11.5 Å². The minimum absolute atomic E-state index is 0.358. The molecule has 1 atom stereocenters. The van der Waals surface area contributed by atoms with Gasteiger partial charge in [0, 0.05) is 5.02 Å². The highest BCUT2D eigenvalue weighted by molar-refractivity contribution is 6.30. The van der Waals surface area contributed by atoms with Crippen molar-refractivity contribution >= 4 is 23.2 Å². The second-order valence-corrected chi connectivity index (χ2v) is 4.86. The van der Waals surface area contributed by atoms with Crippen molar-refractivity contribution in [2.75, 3.05) is 14.2 Å². The first-order valence-corrected chi connectivity index (χ1v) is 6.59. The summed E-state index contributed by atoms with van der Waals surface area (Å²) in [5, 5.41) is 0.322. The van der Waals surface area contributed by atoms with Crippen LogP contribution in [0.1, 0.15) is 16.5 Å². The van der Waals surface area contributed by atoms with Crippen LogP contribution >= 0.6 is 23.2 Å². The van der Waals surface area contributed by atoms with E-state index in [0.29, 0.717) is 16.5 Å². The van der Waals surface area contributed by atoms with E-state index in [1.165, 1.54) is 0 Å². The van der Waals surface area contributed by atoms with Crippen LogP contribution in [0.15, 0.2) is 42.5 Å². The van der Waals surface area contributed by atoms with Gasteiger partial charge in [0.2, 0.25) is 0 Å². The van der Waals surface area contributed by atoms with Gasteiger partial charge < -0.3 is 9.47 Å². The minimum Gasteiger partial charge on any atom is -0.496 e. The molecular weight excluding hydrogens is 283 g/mol. The van der Waals surface area contributed by atoms with Crippen LogP contribution in [0, 0.1) is 0 Å². The van der Waals surface area contributed by atoms with Crippen LogP contribution in [0.4, 0.5) is 0 Å². The second-order valence-electron chi connectivity index (χ2n) is 3.99. The average Bonchev–Trinajstić information content (AvgIpc) is 2.46. The largest absolute Gasteiger partial charge is 0.496 e. The van der Waals surface area contributed by atoms with Crippen LogP contribution in [0.3, 0.4) is 0 Å². The zero-order chi connectivity index (χ0) is 13.8. The Kier molecular flexibility index (Phi) is 4.56. The molecule has 0 aliphatic carbocycles. The third kappa shape index (κ3) is 2.96. The van der Waals surface area contributed by atoms with Gasteiger partial charge >= 0.3 is 0 Å².